The number of aliphatic hydroxyl groups is 2. The third-order valence-electron chi connectivity index (χ3n) is 19.6. The number of hydrogen-bond donors (Lipinski definition) is 5. The van der Waals surface area contributed by atoms with E-state index in [1.807, 2.05) is 36.8 Å². The van der Waals surface area contributed by atoms with Gasteiger partial charge in [-0.3, -0.25) is 14.4 Å². The summed E-state index contributed by atoms with van der Waals surface area (Å²) in [5.41, 5.74) is 10.4. The summed E-state index contributed by atoms with van der Waals surface area (Å²) in [4.78, 5) is 86.4. The molecule has 5 aliphatic heterocycles. The summed E-state index contributed by atoms with van der Waals surface area (Å²) in [6, 6.07) is 15.1. The quantitative estimate of drug-likeness (QED) is 0.0598. The number of fused-ring (bicyclic) bond motifs is 8. The van der Waals surface area contributed by atoms with Crippen LogP contribution >= 0.6 is 11.6 Å². The summed E-state index contributed by atoms with van der Waals surface area (Å²) < 4.78 is 46.5. The van der Waals surface area contributed by atoms with Gasteiger partial charge in [-0.05, 0) is 81.8 Å². The van der Waals surface area contributed by atoms with Gasteiger partial charge in [0, 0.05) is 56.1 Å². The zero-order valence-electron chi connectivity index (χ0n) is 55.3. The summed E-state index contributed by atoms with van der Waals surface area (Å²) in [5.74, 6) is -2.84. The first kappa shape index (κ1) is 67.3. The molecule has 514 valence electrons. The Labute approximate surface area is 577 Å². The third kappa shape index (κ3) is 12.3. The average molecular weight is 1380 g/mol. The Morgan fingerprint density at radius 1 is 0.520 bits per heavy atom. The Hall–Kier alpha value is -9.88. The van der Waals surface area contributed by atoms with Crippen LogP contribution < -0.4 is 16.0 Å². The lowest BCUT2D eigenvalue weighted by molar-refractivity contribution is -0.162. The standard InChI is InChI=1S/C24H24N6O4.C21H20N6O4.C15H19ClN4O3.C9H6N2O/c1-24(2)33-20-12(9-32-4)7-16(21(20)34-24)30-11-28-19-18(26-10-27-22(19)30)17-14-8-13(25-3)5-6-15(14)29-23(17)31;1-22-11-3-4-13-12(6-11)15(21(30)26-13)16-17-20(24-8-23-16)27(9-25-17)14-5-10(7-31-2)18(28)19(14)29;1-15(2)22-11-8(5-21-3)4-9(12(11)23-15)20-7-19-10-13(16)17-6-18-14(10)20;1-10-7-2-3-8-6(4-7)5-9(12)11-8/h5-6,8,10-12,16-17,20-21H,7,9H2,1-2,4H3,(H,29,31);3-4,6,8-10,14-15,18-19,28-29H,5,7H2,2H3,(H,26,30);6-9,11-12H,4-5H2,1-3H3;2-4H,5H2,(H,11,12)/t12-,16-,17?,20-,21+;10-,14-,15?,18-,19+;8-,9-,11-,12+;/m111./s1. The zero-order valence-corrected chi connectivity index (χ0v) is 56.0. The molecule has 2 saturated heterocycles. The molecule has 5 fully saturated rings. The average Bonchev–Trinajstić information content (AvgIpc) is 1.54. The molecule has 9 aromatic rings. The van der Waals surface area contributed by atoms with Crippen molar-refractivity contribution >= 4 is 96.9 Å². The molecular weight excluding hydrogens is 1310 g/mol. The lowest BCUT2D eigenvalue weighted by Gasteiger charge is -2.24. The number of anilines is 3. The Morgan fingerprint density at radius 3 is 1.41 bits per heavy atom. The number of ether oxygens (including phenoxy) is 7. The number of methoxy groups -OCH3 is 3. The first-order chi connectivity index (χ1) is 48.2. The fraction of sp³-hybridized carbons (Fsp3) is 0.435. The molecule has 2 unspecified atom stereocenters. The lowest BCUT2D eigenvalue weighted by Crippen LogP contribution is -2.30. The lowest BCUT2D eigenvalue weighted by atomic mass is 9.96. The van der Waals surface area contributed by atoms with E-state index in [0.29, 0.717) is 111 Å². The molecule has 14 atom stereocenters. The van der Waals surface area contributed by atoms with Crippen LogP contribution in [0.25, 0.3) is 48.0 Å². The second-order valence-electron chi connectivity index (χ2n) is 26.6. The van der Waals surface area contributed by atoms with Crippen LogP contribution in [-0.2, 0) is 54.0 Å². The smallest absolute Gasteiger partial charge is 0.238 e. The number of benzene rings is 3. The Bertz CT molecular complexity index is 4830. The van der Waals surface area contributed by atoms with Crippen molar-refractivity contribution in [1.82, 2.24) is 58.6 Å². The van der Waals surface area contributed by atoms with Gasteiger partial charge in [0.25, 0.3) is 0 Å². The summed E-state index contributed by atoms with van der Waals surface area (Å²) in [6.45, 7) is 30.7. The maximum atomic E-state index is 12.9. The van der Waals surface area contributed by atoms with Gasteiger partial charge in [0.2, 0.25) is 17.7 Å². The number of halogens is 1. The molecule has 3 aliphatic carbocycles. The zero-order chi connectivity index (χ0) is 70.1. The summed E-state index contributed by atoms with van der Waals surface area (Å²) in [5, 5.41) is 29.8. The van der Waals surface area contributed by atoms with Gasteiger partial charge in [-0.25, -0.2) is 59.4 Å². The van der Waals surface area contributed by atoms with Crippen molar-refractivity contribution in [1.29, 1.82) is 0 Å². The predicted molar refractivity (Wildman–Crippen MR) is 359 cm³/mol. The summed E-state index contributed by atoms with van der Waals surface area (Å²) in [6.07, 6.45) is 9.73. The van der Waals surface area contributed by atoms with E-state index in [1.54, 1.807) is 99.5 Å². The maximum absolute atomic E-state index is 12.9. The Balaban J connectivity index is 0.000000119. The van der Waals surface area contributed by atoms with Gasteiger partial charge in [-0.15, -0.1) is 0 Å². The predicted octanol–water partition coefficient (Wildman–Crippen LogP) is 8.52. The Morgan fingerprint density at radius 2 is 0.930 bits per heavy atom. The van der Waals surface area contributed by atoms with E-state index in [1.165, 1.54) is 19.0 Å². The molecule has 100 heavy (non-hydrogen) atoms. The highest BCUT2D eigenvalue weighted by Gasteiger charge is 2.56. The molecule has 0 radical (unpaired) electrons. The molecule has 30 nitrogen and oxygen atoms in total. The van der Waals surface area contributed by atoms with E-state index in [2.05, 4.69) is 75.3 Å². The monoisotopic (exact) mass is 1380 g/mol. The van der Waals surface area contributed by atoms with Crippen LogP contribution in [0.3, 0.4) is 0 Å². The largest absolute Gasteiger partial charge is 0.390 e. The number of aliphatic hydroxyl groups excluding tert-OH is 2. The third-order valence-corrected chi connectivity index (χ3v) is 19.8. The summed E-state index contributed by atoms with van der Waals surface area (Å²) in [7, 11) is 4.96. The van der Waals surface area contributed by atoms with Gasteiger partial charge in [0.15, 0.2) is 50.7 Å². The highest BCUT2D eigenvalue weighted by Crippen LogP contribution is 2.51. The molecule has 0 bridgehead atoms. The topological polar surface area (TPSA) is 336 Å². The van der Waals surface area contributed by atoms with Crippen LogP contribution in [0.2, 0.25) is 5.15 Å². The first-order valence-electron chi connectivity index (χ1n) is 32.4. The van der Waals surface area contributed by atoms with Gasteiger partial charge < -0.3 is 73.0 Å². The van der Waals surface area contributed by atoms with Crippen LogP contribution in [0, 0.1) is 37.5 Å². The van der Waals surface area contributed by atoms with Crippen molar-refractivity contribution in [3.8, 4) is 0 Å². The number of imidazole rings is 3. The molecule has 5 N–H and O–H groups in total. The molecule has 0 spiro atoms. The molecule has 6 aromatic heterocycles. The number of nitrogens with one attached hydrogen (secondary N) is 3. The minimum absolute atomic E-state index is 0.00436. The number of aromatic nitrogens is 12. The minimum Gasteiger partial charge on any atom is -0.390 e. The van der Waals surface area contributed by atoms with Crippen molar-refractivity contribution < 1.29 is 57.8 Å². The highest BCUT2D eigenvalue weighted by molar-refractivity contribution is 6.33. The van der Waals surface area contributed by atoms with Crippen molar-refractivity contribution in [3.63, 3.8) is 0 Å². The SMILES string of the molecule is COC[C@H]1C[C@@H](n2cnc3c(Cl)ncnc32)[C@@H]2OC(C)(C)O[C@H]12.[C-]#[N+]c1ccc2c(c1)C(c1ncnc3c1ncn3[C@@H]1C[C@H](COC)[C@@H](O)[C@H]1O)C(=O)N2.[C-]#[N+]c1ccc2c(c1)C(c1ncnc3c1ncn3[C@@H]1C[C@H](COC)[C@H]3OC(C)(C)O[C@H]31)C(=O)N2.[C-]#[N+]c1ccc2c(c1)CC(=O)N2. The van der Waals surface area contributed by atoms with Crippen LogP contribution in [0.4, 0.5) is 34.1 Å². The molecule has 3 aromatic carbocycles. The highest BCUT2D eigenvalue weighted by atomic mass is 35.5. The van der Waals surface area contributed by atoms with E-state index in [0.717, 1.165) is 35.3 Å². The fourth-order valence-electron chi connectivity index (χ4n) is 15.3. The number of amides is 3. The molecule has 17 rings (SSSR count). The van der Waals surface area contributed by atoms with Crippen molar-refractivity contribution in [2.75, 3.05) is 57.1 Å². The number of nitrogens with zero attached hydrogens (tertiary/aromatic N) is 15. The van der Waals surface area contributed by atoms with Crippen LogP contribution in [-0.4, -0.2) is 176 Å². The van der Waals surface area contributed by atoms with Crippen molar-refractivity contribution in [2.24, 2.45) is 17.8 Å². The normalized spacial score (nSPS) is 27.4. The van der Waals surface area contributed by atoms with Gasteiger partial charge >= 0.3 is 0 Å². The second-order valence-corrected chi connectivity index (χ2v) is 27.0. The van der Waals surface area contributed by atoms with Gasteiger partial charge in [-0.2, -0.15) is 0 Å². The van der Waals surface area contributed by atoms with Crippen molar-refractivity contribution in [2.45, 2.75) is 132 Å². The second kappa shape index (κ2) is 27.0. The minimum atomic E-state index is -0.993. The first-order valence-corrected chi connectivity index (χ1v) is 32.8. The number of carbonyl (C=O) groups excluding carboxylic acids is 3. The molecule has 11 heterocycles. The number of rotatable bonds is 11. The van der Waals surface area contributed by atoms with Crippen molar-refractivity contribution in [3.05, 3.63) is 160 Å². The summed E-state index contributed by atoms with van der Waals surface area (Å²) >= 11 is 6.11. The van der Waals surface area contributed by atoms with E-state index >= 15 is 0 Å². The molecule has 3 saturated carbocycles. The van der Waals surface area contributed by atoms with Gasteiger partial charge in [0.05, 0.1) is 113 Å². The fourth-order valence-corrected chi connectivity index (χ4v) is 15.5. The molecule has 31 heteroatoms. The van der Waals surface area contributed by atoms with Crippen LogP contribution in [0.1, 0.15) is 105 Å². The Kier molecular flexibility index (Phi) is 18.2. The van der Waals surface area contributed by atoms with Crippen LogP contribution in [0.5, 0.6) is 0 Å². The maximum Gasteiger partial charge on any atom is 0.238 e. The number of carbonyl (C=O) groups is 3. The molecular formula is C69H69ClN18O12. The van der Waals surface area contributed by atoms with E-state index < -0.39 is 41.7 Å². The van der Waals surface area contributed by atoms with E-state index in [4.69, 9.17) is 64.5 Å². The van der Waals surface area contributed by atoms with E-state index in [9.17, 15) is 24.6 Å². The van der Waals surface area contributed by atoms with Crippen LogP contribution in [0.15, 0.2) is 92.6 Å². The van der Waals surface area contributed by atoms with Gasteiger partial charge in [-0.1, -0.05) is 48.0 Å². The molecule has 8 aliphatic rings. The number of hydrogen-bond acceptors (Lipinski definition) is 21. The van der Waals surface area contributed by atoms with Gasteiger partial charge in [0.1, 0.15) is 65.7 Å². The van der Waals surface area contributed by atoms with E-state index in [-0.39, 0.29) is 72.0 Å². The molecule has 3 amide bonds.